The number of nitrogens with zero attached hydrogens (tertiary/aromatic N) is 1. The van der Waals surface area contributed by atoms with Crippen LogP contribution in [0.5, 0.6) is 0 Å². The zero-order chi connectivity index (χ0) is 13.1. The van der Waals surface area contributed by atoms with E-state index < -0.39 is 5.82 Å². The van der Waals surface area contributed by atoms with Crippen molar-refractivity contribution in [2.75, 3.05) is 19.6 Å². The first-order valence-electron chi connectivity index (χ1n) is 6.10. The first-order valence-corrected chi connectivity index (χ1v) is 6.89. The predicted molar refractivity (Wildman–Crippen MR) is 72.1 cm³/mol. The van der Waals surface area contributed by atoms with Crippen molar-refractivity contribution in [1.82, 2.24) is 10.2 Å². The van der Waals surface area contributed by atoms with Crippen LogP contribution >= 0.6 is 15.9 Å². The topological polar surface area (TPSA) is 32.3 Å². The van der Waals surface area contributed by atoms with E-state index in [9.17, 15) is 9.18 Å². The second kappa shape index (κ2) is 5.80. The van der Waals surface area contributed by atoms with E-state index in [-0.39, 0.29) is 17.5 Å². The Labute approximate surface area is 114 Å². The van der Waals surface area contributed by atoms with Gasteiger partial charge in [-0.1, -0.05) is 22.9 Å². The Balaban J connectivity index is 2.23. The van der Waals surface area contributed by atoms with Crippen molar-refractivity contribution >= 4 is 21.8 Å². The molecule has 0 aliphatic carbocycles. The average Bonchev–Trinajstić information content (AvgIpc) is 2.28. The van der Waals surface area contributed by atoms with Gasteiger partial charge in [0, 0.05) is 24.1 Å². The number of carbonyl (C=O) groups is 1. The molecule has 0 aromatic heterocycles. The lowest BCUT2D eigenvalue weighted by Gasteiger charge is -2.38. The molecular weight excluding hydrogens is 299 g/mol. The molecule has 98 valence electrons. The minimum absolute atomic E-state index is 0.143. The number of carbonyl (C=O) groups excluding carboxylic acids is 1. The van der Waals surface area contributed by atoms with E-state index in [4.69, 9.17) is 0 Å². The van der Waals surface area contributed by atoms with Crippen LogP contribution in [-0.4, -0.2) is 36.5 Å². The Morgan fingerprint density at radius 1 is 1.56 bits per heavy atom. The molecule has 1 amide bonds. The lowest BCUT2D eigenvalue weighted by molar-refractivity contribution is 0.0611. The van der Waals surface area contributed by atoms with Crippen LogP contribution in [0.2, 0.25) is 0 Å². The summed E-state index contributed by atoms with van der Waals surface area (Å²) in [6.07, 6.45) is 0.873. The van der Waals surface area contributed by atoms with Crippen LogP contribution < -0.4 is 5.32 Å². The number of amides is 1. The van der Waals surface area contributed by atoms with Crippen molar-refractivity contribution in [3.05, 3.63) is 34.1 Å². The summed E-state index contributed by atoms with van der Waals surface area (Å²) in [7, 11) is 0. The molecule has 1 aliphatic rings. The van der Waals surface area contributed by atoms with Gasteiger partial charge in [0.05, 0.1) is 11.6 Å². The summed E-state index contributed by atoms with van der Waals surface area (Å²) in [5, 5.41) is 3.14. The molecule has 1 aromatic carbocycles. The van der Waals surface area contributed by atoms with Crippen LogP contribution in [0.4, 0.5) is 4.39 Å². The standard InChI is InChI=1S/C13H16BrFN2O/c1-2-5-17(10-7-16-8-10)13(18)11-6-9(14)3-4-12(11)15/h3-4,6,10,16H,2,5,7-8H2,1H3. The van der Waals surface area contributed by atoms with E-state index in [1.54, 1.807) is 17.0 Å². The van der Waals surface area contributed by atoms with E-state index >= 15 is 0 Å². The fourth-order valence-corrected chi connectivity index (χ4v) is 2.36. The smallest absolute Gasteiger partial charge is 0.257 e. The lowest BCUT2D eigenvalue weighted by Crippen LogP contribution is -2.59. The van der Waals surface area contributed by atoms with Gasteiger partial charge in [-0.2, -0.15) is 0 Å². The minimum atomic E-state index is -0.461. The number of rotatable bonds is 4. The number of hydrogen-bond donors (Lipinski definition) is 1. The van der Waals surface area contributed by atoms with Crippen molar-refractivity contribution in [2.45, 2.75) is 19.4 Å². The van der Waals surface area contributed by atoms with Crippen LogP contribution in [0.25, 0.3) is 0 Å². The van der Waals surface area contributed by atoms with Gasteiger partial charge in [-0.15, -0.1) is 0 Å². The number of benzene rings is 1. The van der Waals surface area contributed by atoms with Crippen molar-refractivity contribution in [3.8, 4) is 0 Å². The van der Waals surface area contributed by atoms with Crippen LogP contribution in [0.3, 0.4) is 0 Å². The third-order valence-corrected chi connectivity index (χ3v) is 3.58. The molecule has 0 spiro atoms. The molecular formula is C13H16BrFN2O. The maximum atomic E-state index is 13.7. The Morgan fingerprint density at radius 3 is 2.83 bits per heavy atom. The molecule has 0 radical (unpaired) electrons. The van der Waals surface area contributed by atoms with E-state index in [1.807, 2.05) is 6.92 Å². The number of halogens is 2. The Hall–Kier alpha value is -0.940. The highest BCUT2D eigenvalue weighted by atomic mass is 79.9. The molecule has 0 bridgehead atoms. The molecule has 1 aromatic rings. The zero-order valence-corrected chi connectivity index (χ0v) is 11.8. The first-order chi connectivity index (χ1) is 8.63. The van der Waals surface area contributed by atoms with Crippen molar-refractivity contribution in [2.24, 2.45) is 0 Å². The predicted octanol–water partition coefficient (Wildman–Crippen LogP) is 2.41. The highest BCUT2D eigenvalue weighted by Crippen LogP contribution is 2.19. The molecule has 1 heterocycles. The summed E-state index contributed by atoms with van der Waals surface area (Å²) in [5.41, 5.74) is 0.143. The van der Waals surface area contributed by atoms with E-state index in [1.165, 1.54) is 6.07 Å². The van der Waals surface area contributed by atoms with Gasteiger partial charge in [0.25, 0.3) is 5.91 Å². The fourth-order valence-electron chi connectivity index (χ4n) is 2.00. The number of nitrogens with one attached hydrogen (secondary N) is 1. The second-order valence-electron chi connectivity index (χ2n) is 4.43. The summed E-state index contributed by atoms with van der Waals surface area (Å²) in [5.74, 6) is -0.682. The molecule has 0 saturated carbocycles. The van der Waals surface area contributed by atoms with Crippen molar-refractivity contribution < 1.29 is 9.18 Å². The van der Waals surface area contributed by atoms with Gasteiger partial charge in [0.1, 0.15) is 5.82 Å². The maximum Gasteiger partial charge on any atom is 0.257 e. The summed E-state index contributed by atoms with van der Waals surface area (Å²) < 4.78 is 14.4. The van der Waals surface area contributed by atoms with Crippen LogP contribution in [0.15, 0.2) is 22.7 Å². The molecule has 1 saturated heterocycles. The quantitative estimate of drug-likeness (QED) is 0.925. The van der Waals surface area contributed by atoms with Crippen molar-refractivity contribution in [3.63, 3.8) is 0 Å². The summed E-state index contributed by atoms with van der Waals surface area (Å²) >= 11 is 3.27. The van der Waals surface area contributed by atoms with Gasteiger partial charge >= 0.3 is 0 Å². The molecule has 5 heteroatoms. The SMILES string of the molecule is CCCN(C(=O)c1cc(Br)ccc1F)C1CNC1. The molecule has 1 N–H and O–H groups in total. The van der Waals surface area contributed by atoms with Crippen LogP contribution in [-0.2, 0) is 0 Å². The second-order valence-corrected chi connectivity index (χ2v) is 5.35. The normalized spacial score (nSPS) is 15.3. The third-order valence-electron chi connectivity index (χ3n) is 3.08. The average molecular weight is 315 g/mol. The molecule has 0 atom stereocenters. The molecule has 1 aliphatic heterocycles. The first kappa shape index (κ1) is 13.5. The van der Waals surface area contributed by atoms with Gasteiger partial charge in [0.2, 0.25) is 0 Å². The summed E-state index contributed by atoms with van der Waals surface area (Å²) in [6, 6.07) is 4.66. The molecule has 0 unspecified atom stereocenters. The minimum Gasteiger partial charge on any atom is -0.333 e. The lowest BCUT2D eigenvalue weighted by atomic mass is 10.1. The molecule has 2 rings (SSSR count). The van der Waals surface area contributed by atoms with Gasteiger partial charge in [-0.25, -0.2) is 4.39 Å². The summed E-state index contributed by atoms with van der Waals surface area (Å²) in [4.78, 5) is 14.1. The Kier molecular flexibility index (Phi) is 4.35. The van der Waals surface area contributed by atoms with E-state index in [0.717, 1.165) is 24.0 Å². The maximum absolute atomic E-state index is 13.7. The van der Waals surface area contributed by atoms with Gasteiger partial charge in [-0.05, 0) is 24.6 Å². The van der Waals surface area contributed by atoms with Gasteiger partial charge in [-0.3, -0.25) is 4.79 Å². The van der Waals surface area contributed by atoms with Crippen LogP contribution in [0.1, 0.15) is 23.7 Å². The van der Waals surface area contributed by atoms with E-state index in [2.05, 4.69) is 21.2 Å². The van der Waals surface area contributed by atoms with Gasteiger partial charge < -0.3 is 10.2 Å². The highest BCUT2D eigenvalue weighted by Gasteiger charge is 2.29. The molecule has 18 heavy (non-hydrogen) atoms. The Bertz CT molecular complexity index is 449. The molecule has 1 fully saturated rings. The number of hydrogen-bond acceptors (Lipinski definition) is 2. The monoisotopic (exact) mass is 314 g/mol. The Morgan fingerprint density at radius 2 is 2.28 bits per heavy atom. The summed E-state index contributed by atoms with van der Waals surface area (Å²) in [6.45, 7) is 4.27. The van der Waals surface area contributed by atoms with Crippen molar-refractivity contribution in [1.29, 1.82) is 0 Å². The van der Waals surface area contributed by atoms with Gasteiger partial charge in [0.15, 0.2) is 0 Å². The van der Waals surface area contributed by atoms with Crippen LogP contribution in [0, 0.1) is 5.82 Å². The molecule has 3 nitrogen and oxygen atoms in total. The van der Waals surface area contributed by atoms with E-state index in [0.29, 0.717) is 6.54 Å². The third kappa shape index (κ3) is 2.72. The fraction of sp³-hybridized carbons (Fsp3) is 0.462. The highest BCUT2D eigenvalue weighted by molar-refractivity contribution is 9.10. The largest absolute Gasteiger partial charge is 0.333 e. The zero-order valence-electron chi connectivity index (χ0n) is 10.2.